The Bertz CT molecular complexity index is 944. The van der Waals surface area contributed by atoms with Gasteiger partial charge in [-0.05, 0) is 57.4 Å². The number of hydrogen-bond donors (Lipinski definition) is 1. The zero-order chi connectivity index (χ0) is 19.2. The van der Waals surface area contributed by atoms with Crippen LogP contribution in [0.5, 0.6) is 0 Å². The maximum Gasteiger partial charge on any atom is 0.208 e. The minimum Gasteiger partial charge on any atom is -0.347 e. The molecular formula is C22H28N4S. The second kappa shape index (κ2) is 6.57. The molecule has 4 nitrogen and oxygen atoms in total. The molecule has 1 saturated heterocycles. The zero-order valence-corrected chi connectivity index (χ0v) is 17.6. The maximum atomic E-state index is 4.52. The Morgan fingerprint density at radius 2 is 1.63 bits per heavy atom. The van der Waals surface area contributed by atoms with E-state index in [1.165, 1.54) is 10.8 Å². The summed E-state index contributed by atoms with van der Waals surface area (Å²) < 4.78 is 0. The molecule has 1 N–H and O–H groups in total. The number of nitrogens with zero attached hydrogens (tertiary/aromatic N) is 3. The second-order valence-corrected chi connectivity index (χ2v) is 9.97. The Balaban J connectivity index is 1.59. The largest absolute Gasteiger partial charge is 0.347 e. The van der Waals surface area contributed by atoms with Gasteiger partial charge in [0.1, 0.15) is 5.01 Å². The molecule has 1 fully saturated rings. The summed E-state index contributed by atoms with van der Waals surface area (Å²) in [6, 6.07) is 15.4. The highest BCUT2D eigenvalue weighted by Crippen LogP contribution is 2.36. The van der Waals surface area contributed by atoms with Crippen molar-refractivity contribution in [1.82, 2.24) is 15.5 Å². The Morgan fingerprint density at radius 3 is 2.33 bits per heavy atom. The summed E-state index contributed by atoms with van der Waals surface area (Å²) in [5, 5.41) is 17.2. The summed E-state index contributed by atoms with van der Waals surface area (Å²) in [7, 11) is 2.16. The van der Waals surface area contributed by atoms with Crippen LogP contribution in [0, 0.1) is 0 Å². The molecule has 0 bridgehead atoms. The maximum absolute atomic E-state index is 4.52. The quantitative estimate of drug-likeness (QED) is 0.686. The lowest BCUT2D eigenvalue weighted by atomic mass is 9.79. The summed E-state index contributed by atoms with van der Waals surface area (Å²) in [6.07, 6.45) is 2.19. The molecule has 1 aliphatic heterocycles. The van der Waals surface area contributed by atoms with Crippen LogP contribution < -0.4 is 10.2 Å². The van der Waals surface area contributed by atoms with Crippen LogP contribution >= 0.6 is 11.3 Å². The highest BCUT2D eigenvalue weighted by molar-refractivity contribution is 7.18. The molecule has 2 aromatic carbocycles. The predicted molar refractivity (Wildman–Crippen MR) is 116 cm³/mol. The van der Waals surface area contributed by atoms with E-state index in [-0.39, 0.29) is 11.1 Å². The highest BCUT2D eigenvalue weighted by Gasteiger charge is 2.39. The number of fused-ring (bicyclic) bond motifs is 1. The molecule has 5 heteroatoms. The van der Waals surface area contributed by atoms with Gasteiger partial charge >= 0.3 is 0 Å². The second-order valence-electron chi connectivity index (χ2n) is 9.02. The number of hydrogen-bond acceptors (Lipinski definition) is 5. The van der Waals surface area contributed by atoms with Gasteiger partial charge in [-0.25, -0.2) is 0 Å². The van der Waals surface area contributed by atoms with Gasteiger partial charge in [0.15, 0.2) is 0 Å². The van der Waals surface area contributed by atoms with Gasteiger partial charge in [0.2, 0.25) is 5.13 Å². The van der Waals surface area contributed by atoms with Crippen LogP contribution in [0.1, 0.15) is 40.5 Å². The fourth-order valence-electron chi connectivity index (χ4n) is 4.50. The molecule has 2 heterocycles. The third-order valence-electron chi connectivity index (χ3n) is 5.43. The van der Waals surface area contributed by atoms with Crippen LogP contribution in [0.4, 0.5) is 5.13 Å². The van der Waals surface area contributed by atoms with E-state index in [2.05, 4.69) is 97.6 Å². The van der Waals surface area contributed by atoms with E-state index in [1.54, 1.807) is 11.3 Å². The van der Waals surface area contributed by atoms with E-state index >= 15 is 0 Å². The van der Waals surface area contributed by atoms with Crippen molar-refractivity contribution in [2.75, 3.05) is 11.9 Å². The van der Waals surface area contributed by atoms with E-state index in [4.69, 9.17) is 0 Å². The van der Waals surface area contributed by atoms with Gasteiger partial charge in [0.25, 0.3) is 0 Å². The summed E-state index contributed by atoms with van der Waals surface area (Å²) in [4.78, 5) is 2.33. The van der Waals surface area contributed by atoms with Crippen LogP contribution in [-0.4, -0.2) is 34.4 Å². The Morgan fingerprint density at radius 1 is 0.963 bits per heavy atom. The molecule has 0 saturated carbocycles. The predicted octanol–water partition coefficient (Wildman–Crippen LogP) is 5.10. The summed E-state index contributed by atoms with van der Waals surface area (Å²) >= 11 is 1.68. The molecule has 1 aromatic heterocycles. The average molecular weight is 381 g/mol. The van der Waals surface area contributed by atoms with Gasteiger partial charge in [0, 0.05) is 29.7 Å². The van der Waals surface area contributed by atoms with Gasteiger partial charge in [-0.2, -0.15) is 0 Å². The standard InChI is InChI=1S/C22H28N4S/c1-21(2)13-18(14-22(3,4)25-21)26(5)20-24-23-19(27-20)17-11-10-15-8-6-7-9-16(15)12-17/h6-12,18,25H,13-14H2,1-5H3. The van der Waals surface area contributed by atoms with Crippen molar-refractivity contribution in [1.29, 1.82) is 0 Å². The van der Waals surface area contributed by atoms with Crippen LogP contribution in [0.25, 0.3) is 21.3 Å². The third-order valence-corrected chi connectivity index (χ3v) is 6.49. The number of rotatable bonds is 3. The van der Waals surface area contributed by atoms with E-state index in [0.29, 0.717) is 6.04 Å². The van der Waals surface area contributed by atoms with Crippen LogP contribution in [0.15, 0.2) is 42.5 Å². The first-order valence-corrected chi connectivity index (χ1v) is 10.4. The molecule has 1 aliphatic rings. The Labute approximate surface area is 165 Å². The Kier molecular flexibility index (Phi) is 4.47. The van der Waals surface area contributed by atoms with Crippen molar-refractivity contribution in [2.45, 2.75) is 57.7 Å². The summed E-state index contributed by atoms with van der Waals surface area (Å²) in [5.41, 5.74) is 1.37. The van der Waals surface area contributed by atoms with Crippen LogP contribution in [-0.2, 0) is 0 Å². The fraction of sp³-hybridized carbons (Fsp3) is 0.455. The molecule has 142 valence electrons. The minimum absolute atomic E-state index is 0.118. The number of piperidine rings is 1. The van der Waals surface area contributed by atoms with Crippen molar-refractivity contribution < 1.29 is 0 Å². The van der Waals surface area contributed by atoms with Gasteiger partial charge in [0.05, 0.1) is 0 Å². The van der Waals surface area contributed by atoms with Crippen LogP contribution in [0.2, 0.25) is 0 Å². The molecule has 27 heavy (non-hydrogen) atoms. The first-order valence-electron chi connectivity index (χ1n) is 9.57. The lowest BCUT2D eigenvalue weighted by Gasteiger charge is -2.48. The Hall–Kier alpha value is -1.98. The highest BCUT2D eigenvalue weighted by atomic mass is 32.1. The first-order chi connectivity index (χ1) is 12.7. The molecular weight excluding hydrogens is 352 g/mol. The van der Waals surface area contributed by atoms with Crippen molar-refractivity contribution >= 4 is 27.2 Å². The summed E-state index contributed by atoms with van der Waals surface area (Å²) in [5.74, 6) is 0. The molecule has 0 radical (unpaired) electrons. The van der Waals surface area contributed by atoms with Crippen molar-refractivity contribution in [3.05, 3.63) is 42.5 Å². The molecule has 0 atom stereocenters. The fourth-order valence-corrected chi connectivity index (χ4v) is 5.37. The third kappa shape index (κ3) is 3.85. The molecule has 0 unspecified atom stereocenters. The van der Waals surface area contributed by atoms with Crippen molar-refractivity contribution in [2.24, 2.45) is 0 Å². The number of nitrogens with one attached hydrogen (secondary N) is 1. The summed E-state index contributed by atoms with van der Waals surface area (Å²) in [6.45, 7) is 9.15. The SMILES string of the molecule is CN(c1nnc(-c2ccc3ccccc3c2)s1)C1CC(C)(C)NC(C)(C)C1. The monoisotopic (exact) mass is 380 g/mol. The first kappa shape index (κ1) is 18.4. The number of aromatic nitrogens is 2. The van der Waals surface area contributed by atoms with Gasteiger partial charge in [-0.1, -0.05) is 47.7 Å². The lowest BCUT2D eigenvalue weighted by Crippen LogP contribution is -2.61. The van der Waals surface area contributed by atoms with Gasteiger partial charge in [-0.15, -0.1) is 10.2 Å². The minimum atomic E-state index is 0.118. The molecule has 4 rings (SSSR count). The molecule has 3 aromatic rings. The number of anilines is 1. The zero-order valence-electron chi connectivity index (χ0n) is 16.8. The molecule has 0 aliphatic carbocycles. The lowest BCUT2D eigenvalue weighted by molar-refractivity contribution is 0.161. The van der Waals surface area contributed by atoms with Gasteiger partial charge in [-0.3, -0.25) is 0 Å². The van der Waals surface area contributed by atoms with E-state index in [1.807, 2.05) is 0 Å². The van der Waals surface area contributed by atoms with E-state index in [0.717, 1.165) is 28.5 Å². The van der Waals surface area contributed by atoms with Crippen LogP contribution in [0.3, 0.4) is 0 Å². The van der Waals surface area contributed by atoms with Crippen molar-refractivity contribution in [3.8, 4) is 10.6 Å². The normalized spacial score (nSPS) is 19.3. The van der Waals surface area contributed by atoms with Crippen molar-refractivity contribution in [3.63, 3.8) is 0 Å². The number of benzene rings is 2. The topological polar surface area (TPSA) is 41.1 Å². The van der Waals surface area contributed by atoms with E-state index in [9.17, 15) is 0 Å². The van der Waals surface area contributed by atoms with Gasteiger partial charge < -0.3 is 10.2 Å². The molecule has 0 amide bonds. The smallest absolute Gasteiger partial charge is 0.208 e. The average Bonchev–Trinajstić information content (AvgIpc) is 3.08. The van der Waals surface area contributed by atoms with E-state index < -0.39 is 0 Å². The molecule has 0 spiro atoms.